The quantitative estimate of drug-likeness (QED) is 0.473. The predicted molar refractivity (Wildman–Crippen MR) is 126 cm³/mol. The number of imide groups is 1. The lowest BCUT2D eigenvalue weighted by Crippen LogP contribution is -2.39. The fourth-order valence-electron chi connectivity index (χ4n) is 4.15. The maximum Gasteiger partial charge on any atom is 0.263 e. The molecule has 0 bridgehead atoms. The van der Waals surface area contributed by atoms with Crippen molar-refractivity contribution in [1.82, 2.24) is 15.1 Å². The third kappa shape index (κ3) is 4.27. The average Bonchev–Trinajstić information content (AvgIpc) is 3.52. The second-order valence-electron chi connectivity index (χ2n) is 9.15. The summed E-state index contributed by atoms with van der Waals surface area (Å²) >= 11 is 0. The van der Waals surface area contributed by atoms with E-state index >= 15 is 0 Å². The molecule has 0 aliphatic carbocycles. The number of carbonyl (C=O) groups excluding carboxylic acids is 2. The molecule has 10 nitrogen and oxygen atoms in total. The van der Waals surface area contributed by atoms with Crippen molar-refractivity contribution in [1.29, 1.82) is 0 Å². The van der Waals surface area contributed by atoms with Crippen molar-refractivity contribution in [3.05, 3.63) is 60.0 Å². The molecule has 2 aliphatic heterocycles. The van der Waals surface area contributed by atoms with E-state index in [4.69, 9.17) is 9.26 Å². The van der Waals surface area contributed by atoms with Crippen LogP contribution in [0.1, 0.15) is 45.1 Å². The highest BCUT2D eigenvalue weighted by molar-refractivity contribution is 6.25. The van der Waals surface area contributed by atoms with Gasteiger partial charge in [0, 0.05) is 5.56 Å². The zero-order chi connectivity index (χ0) is 24.7. The summed E-state index contributed by atoms with van der Waals surface area (Å²) in [5.41, 5.74) is 2.42. The van der Waals surface area contributed by atoms with E-state index in [1.807, 2.05) is 50.2 Å². The number of fused-ring (bicyclic) bond motifs is 1. The topological polar surface area (TPSA) is 113 Å². The summed E-state index contributed by atoms with van der Waals surface area (Å²) in [6.45, 7) is 8.16. The van der Waals surface area contributed by atoms with E-state index in [0.717, 1.165) is 16.9 Å². The van der Waals surface area contributed by atoms with Gasteiger partial charge in [0.05, 0.1) is 11.8 Å². The van der Waals surface area contributed by atoms with Crippen molar-refractivity contribution in [2.24, 2.45) is 10.3 Å². The van der Waals surface area contributed by atoms with Crippen LogP contribution < -0.4 is 9.64 Å². The normalized spacial score (nSPS) is 19.4. The first-order valence-electron chi connectivity index (χ1n) is 11.6. The summed E-state index contributed by atoms with van der Waals surface area (Å²) in [4.78, 5) is 31.8. The number of hydrogen-bond acceptors (Lipinski definition) is 9. The first-order valence-corrected chi connectivity index (χ1v) is 11.6. The number of nitrogens with zero attached hydrogens (tertiary/aromatic N) is 6. The Bertz CT molecular complexity index is 1270. The number of anilines is 1. The molecule has 1 fully saturated rings. The molecule has 0 spiro atoms. The van der Waals surface area contributed by atoms with Crippen LogP contribution in [0.15, 0.2) is 63.4 Å². The van der Waals surface area contributed by atoms with Crippen LogP contribution in [-0.2, 0) is 16.1 Å². The Hall–Kier alpha value is -4.08. The average molecular weight is 475 g/mol. The van der Waals surface area contributed by atoms with Crippen LogP contribution in [0.2, 0.25) is 0 Å². The Morgan fingerprint density at radius 2 is 1.69 bits per heavy atom. The fraction of sp³-hybridized carbons (Fsp3) is 0.360. The van der Waals surface area contributed by atoms with Gasteiger partial charge in [-0.2, -0.15) is 10.1 Å². The molecule has 0 radical (unpaired) electrons. The Morgan fingerprint density at radius 1 is 0.971 bits per heavy atom. The van der Waals surface area contributed by atoms with Crippen LogP contribution in [0.4, 0.5) is 5.69 Å². The molecule has 1 saturated heterocycles. The van der Waals surface area contributed by atoms with Crippen LogP contribution in [0.25, 0.3) is 11.4 Å². The van der Waals surface area contributed by atoms with Crippen molar-refractivity contribution >= 4 is 17.5 Å². The first-order chi connectivity index (χ1) is 16.8. The molecule has 2 amide bonds. The van der Waals surface area contributed by atoms with Gasteiger partial charge in [0.15, 0.2) is 12.1 Å². The molecule has 2 atom stereocenters. The lowest BCUT2D eigenvalue weighted by atomic mass is 10.0. The van der Waals surface area contributed by atoms with E-state index in [-0.39, 0.29) is 24.4 Å². The van der Waals surface area contributed by atoms with Gasteiger partial charge in [-0.1, -0.05) is 36.4 Å². The van der Waals surface area contributed by atoms with Crippen molar-refractivity contribution in [2.75, 3.05) is 4.90 Å². The molecule has 2 aromatic carbocycles. The van der Waals surface area contributed by atoms with Gasteiger partial charge in [-0.15, -0.1) is 0 Å². The lowest BCUT2D eigenvalue weighted by Gasteiger charge is -2.19. The number of amides is 2. The molecule has 0 saturated carbocycles. The van der Waals surface area contributed by atoms with Gasteiger partial charge in [0.1, 0.15) is 12.3 Å². The third-order valence-electron chi connectivity index (χ3n) is 5.93. The Morgan fingerprint density at radius 3 is 2.34 bits per heavy atom. The summed E-state index contributed by atoms with van der Waals surface area (Å²) < 4.78 is 11.0. The number of ether oxygens (including phenoxy) is 1. The van der Waals surface area contributed by atoms with Crippen LogP contribution >= 0.6 is 0 Å². The van der Waals surface area contributed by atoms with Gasteiger partial charge in [-0.25, -0.2) is 4.90 Å². The second kappa shape index (κ2) is 8.94. The largest absolute Gasteiger partial charge is 0.491 e. The van der Waals surface area contributed by atoms with E-state index in [1.165, 1.54) is 9.91 Å². The van der Waals surface area contributed by atoms with Crippen LogP contribution in [-0.4, -0.2) is 45.2 Å². The van der Waals surface area contributed by atoms with Crippen molar-refractivity contribution < 1.29 is 18.8 Å². The van der Waals surface area contributed by atoms with Gasteiger partial charge < -0.3 is 9.26 Å². The summed E-state index contributed by atoms with van der Waals surface area (Å²) in [5.74, 6) is 1.01. The predicted octanol–water partition coefficient (Wildman–Crippen LogP) is 4.14. The van der Waals surface area contributed by atoms with Crippen molar-refractivity contribution in [3.63, 3.8) is 0 Å². The van der Waals surface area contributed by atoms with E-state index in [2.05, 4.69) is 34.3 Å². The molecular formula is C25H26N6O4. The molecule has 10 heteroatoms. The number of rotatable bonds is 7. The standard InChI is InChI=1S/C25H26N6O4/c1-14(2)16-5-9-18(10-6-16)31-24(32)21-22(25(31)33)30(29-27-21)13-20-26-23(28-35-20)17-7-11-19(12-8-17)34-15(3)4/h5-12,14-15,21-22H,13H2,1-4H3/t21-,22+/m0/s1. The molecule has 0 unspecified atom stereocenters. The molecule has 1 aromatic heterocycles. The minimum absolute atomic E-state index is 0.0609. The smallest absolute Gasteiger partial charge is 0.263 e. The molecule has 3 aromatic rings. The van der Waals surface area contributed by atoms with E-state index in [1.54, 1.807) is 12.1 Å². The number of benzene rings is 2. The Balaban J connectivity index is 1.30. The number of carbonyl (C=O) groups is 2. The SMILES string of the molecule is CC(C)Oc1ccc(-c2noc(CN3N=N[C@@H]4C(=O)N(c5ccc(C(C)C)cc5)C(=O)[C@@H]43)n2)cc1. The van der Waals surface area contributed by atoms with Gasteiger partial charge in [-0.05, 0) is 61.7 Å². The minimum atomic E-state index is -0.886. The van der Waals surface area contributed by atoms with Crippen LogP contribution in [0.5, 0.6) is 5.75 Å². The lowest BCUT2D eigenvalue weighted by molar-refractivity contribution is -0.123. The summed E-state index contributed by atoms with van der Waals surface area (Å²) in [6, 6.07) is 13.1. The Labute approximate surface area is 202 Å². The zero-order valence-electron chi connectivity index (χ0n) is 20.0. The van der Waals surface area contributed by atoms with Gasteiger partial charge in [0.25, 0.3) is 11.8 Å². The molecule has 0 N–H and O–H groups in total. The summed E-state index contributed by atoms with van der Waals surface area (Å²) in [6.07, 6.45) is 0.0802. The molecule has 35 heavy (non-hydrogen) atoms. The van der Waals surface area contributed by atoms with E-state index in [0.29, 0.717) is 17.4 Å². The number of hydrogen-bond donors (Lipinski definition) is 0. The molecular weight excluding hydrogens is 448 g/mol. The zero-order valence-corrected chi connectivity index (χ0v) is 20.0. The molecule has 5 rings (SSSR count). The fourth-order valence-corrected chi connectivity index (χ4v) is 4.15. The maximum atomic E-state index is 13.2. The number of aromatic nitrogens is 2. The molecule has 3 heterocycles. The Kier molecular flexibility index (Phi) is 5.80. The summed E-state index contributed by atoms with van der Waals surface area (Å²) in [5, 5.41) is 13.6. The molecule has 180 valence electrons. The summed E-state index contributed by atoms with van der Waals surface area (Å²) in [7, 11) is 0. The highest BCUT2D eigenvalue weighted by atomic mass is 16.5. The van der Waals surface area contributed by atoms with E-state index in [9.17, 15) is 9.59 Å². The monoisotopic (exact) mass is 474 g/mol. The van der Waals surface area contributed by atoms with E-state index < -0.39 is 18.0 Å². The first kappa shape index (κ1) is 22.7. The van der Waals surface area contributed by atoms with Gasteiger partial charge in [-0.3, -0.25) is 14.6 Å². The van der Waals surface area contributed by atoms with Crippen LogP contribution in [0.3, 0.4) is 0 Å². The van der Waals surface area contributed by atoms with Gasteiger partial charge in [0.2, 0.25) is 11.7 Å². The highest BCUT2D eigenvalue weighted by Gasteiger charge is 2.55. The molecule has 2 aliphatic rings. The van der Waals surface area contributed by atoms with Crippen molar-refractivity contribution in [3.8, 4) is 17.1 Å². The highest BCUT2D eigenvalue weighted by Crippen LogP contribution is 2.33. The second-order valence-corrected chi connectivity index (χ2v) is 9.15. The van der Waals surface area contributed by atoms with Crippen LogP contribution in [0, 0.1) is 0 Å². The third-order valence-corrected chi connectivity index (χ3v) is 5.93. The van der Waals surface area contributed by atoms with Crippen molar-refractivity contribution in [2.45, 2.75) is 58.3 Å². The minimum Gasteiger partial charge on any atom is -0.491 e. The maximum absolute atomic E-state index is 13.2. The van der Waals surface area contributed by atoms with Gasteiger partial charge >= 0.3 is 0 Å².